The normalized spacial score (nSPS) is 19.4. The lowest BCUT2D eigenvalue weighted by molar-refractivity contribution is 0.0911. The molecule has 1 aliphatic heterocycles. The van der Waals surface area contributed by atoms with Crippen LogP contribution in [0.25, 0.3) is 0 Å². The van der Waals surface area contributed by atoms with Crippen LogP contribution in [0.4, 0.5) is 0 Å². The molecule has 0 radical (unpaired) electrons. The molecule has 1 fully saturated rings. The standard InChI is InChI=1S/C22H27NO2/c1-2-24-22(17-7-4-3-5-8-17)18-11-12-21-19(15-18)16-23(13-14-25-21)20-9-6-10-20/h3-5,7-8,11-12,15,20,22H,2,6,9-10,13-14,16H2,1H3. The minimum Gasteiger partial charge on any atom is -0.492 e. The molecule has 132 valence electrons. The highest BCUT2D eigenvalue weighted by molar-refractivity contribution is 5.41. The van der Waals surface area contributed by atoms with Crippen molar-refractivity contribution in [1.29, 1.82) is 0 Å². The smallest absolute Gasteiger partial charge is 0.123 e. The van der Waals surface area contributed by atoms with Gasteiger partial charge in [0.1, 0.15) is 18.5 Å². The van der Waals surface area contributed by atoms with Crippen molar-refractivity contribution in [2.75, 3.05) is 19.8 Å². The third-order valence-corrected chi connectivity index (χ3v) is 5.42. The molecule has 1 atom stereocenters. The molecular formula is C22H27NO2. The summed E-state index contributed by atoms with van der Waals surface area (Å²) in [5.74, 6) is 1.04. The summed E-state index contributed by atoms with van der Waals surface area (Å²) in [6, 6.07) is 17.8. The maximum atomic E-state index is 6.09. The molecule has 0 aromatic heterocycles. The van der Waals surface area contributed by atoms with E-state index < -0.39 is 0 Å². The van der Waals surface area contributed by atoms with Crippen LogP contribution in [0.2, 0.25) is 0 Å². The number of ether oxygens (including phenoxy) is 2. The van der Waals surface area contributed by atoms with E-state index in [1.54, 1.807) is 0 Å². The highest BCUT2D eigenvalue weighted by atomic mass is 16.5. The molecule has 1 saturated carbocycles. The highest BCUT2D eigenvalue weighted by Crippen LogP contribution is 2.34. The fraction of sp³-hybridized carbons (Fsp3) is 0.455. The van der Waals surface area contributed by atoms with E-state index in [-0.39, 0.29) is 6.10 Å². The molecule has 3 nitrogen and oxygen atoms in total. The Labute approximate surface area is 150 Å². The zero-order chi connectivity index (χ0) is 17.1. The molecule has 0 amide bonds. The fourth-order valence-corrected chi connectivity index (χ4v) is 3.84. The van der Waals surface area contributed by atoms with Crippen LogP contribution in [-0.4, -0.2) is 30.7 Å². The van der Waals surface area contributed by atoms with Gasteiger partial charge in [-0.3, -0.25) is 4.90 Å². The Kier molecular flexibility index (Phi) is 5.04. The Hall–Kier alpha value is -1.84. The van der Waals surface area contributed by atoms with Gasteiger partial charge in [-0.05, 0) is 43.0 Å². The molecule has 0 spiro atoms. The van der Waals surface area contributed by atoms with Crippen molar-refractivity contribution in [3.05, 3.63) is 65.2 Å². The van der Waals surface area contributed by atoms with E-state index in [9.17, 15) is 0 Å². The van der Waals surface area contributed by atoms with Gasteiger partial charge in [0.25, 0.3) is 0 Å². The second-order valence-corrected chi connectivity index (χ2v) is 7.02. The zero-order valence-corrected chi connectivity index (χ0v) is 15.0. The van der Waals surface area contributed by atoms with Gasteiger partial charge in [0.2, 0.25) is 0 Å². The number of fused-ring (bicyclic) bond motifs is 1. The molecule has 1 unspecified atom stereocenters. The number of nitrogens with zero attached hydrogens (tertiary/aromatic N) is 1. The van der Waals surface area contributed by atoms with E-state index in [0.29, 0.717) is 6.61 Å². The van der Waals surface area contributed by atoms with Crippen molar-refractivity contribution < 1.29 is 9.47 Å². The minimum absolute atomic E-state index is 0.0168. The predicted molar refractivity (Wildman–Crippen MR) is 99.9 cm³/mol. The summed E-state index contributed by atoms with van der Waals surface area (Å²) in [7, 11) is 0. The largest absolute Gasteiger partial charge is 0.492 e. The molecule has 0 bridgehead atoms. The Bertz CT molecular complexity index is 696. The monoisotopic (exact) mass is 337 g/mol. The van der Waals surface area contributed by atoms with Gasteiger partial charge in [0.05, 0.1) is 0 Å². The molecule has 2 aromatic rings. The number of hydrogen-bond acceptors (Lipinski definition) is 3. The second-order valence-electron chi connectivity index (χ2n) is 7.02. The number of rotatable bonds is 5. The van der Waals surface area contributed by atoms with Gasteiger partial charge in [-0.15, -0.1) is 0 Å². The first kappa shape index (κ1) is 16.6. The Morgan fingerprint density at radius 2 is 1.96 bits per heavy atom. The van der Waals surface area contributed by atoms with Crippen molar-refractivity contribution in [1.82, 2.24) is 4.90 Å². The van der Waals surface area contributed by atoms with Crippen molar-refractivity contribution in [2.45, 2.75) is 44.9 Å². The molecule has 0 saturated heterocycles. The van der Waals surface area contributed by atoms with Gasteiger partial charge in [-0.1, -0.05) is 42.8 Å². The van der Waals surface area contributed by atoms with E-state index in [0.717, 1.165) is 31.5 Å². The highest BCUT2D eigenvalue weighted by Gasteiger charge is 2.27. The van der Waals surface area contributed by atoms with Crippen LogP contribution in [0, 0.1) is 0 Å². The summed E-state index contributed by atoms with van der Waals surface area (Å²) in [4.78, 5) is 2.59. The molecule has 4 rings (SSSR count). The molecule has 1 heterocycles. The van der Waals surface area contributed by atoms with Crippen LogP contribution < -0.4 is 4.74 Å². The van der Waals surface area contributed by atoms with Crippen LogP contribution in [-0.2, 0) is 11.3 Å². The van der Waals surface area contributed by atoms with Crippen LogP contribution in [0.5, 0.6) is 5.75 Å². The first-order valence-corrected chi connectivity index (χ1v) is 9.51. The number of hydrogen-bond donors (Lipinski definition) is 0. The van der Waals surface area contributed by atoms with Gasteiger partial charge in [0.15, 0.2) is 0 Å². The maximum Gasteiger partial charge on any atom is 0.123 e. The van der Waals surface area contributed by atoms with E-state index in [1.165, 1.54) is 36.0 Å². The third kappa shape index (κ3) is 3.58. The molecule has 3 heteroatoms. The van der Waals surface area contributed by atoms with Crippen molar-refractivity contribution in [3.8, 4) is 5.75 Å². The van der Waals surface area contributed by atoms with Crippen LogP contribution in [0.1, 0.15) is 49.0 Å². The van der Waals surface area contributed by atoms with Crippen molar-refractivity contribution in [2.24, 2.45) is 0 Å². The van der Waals surface area contributed by atoms with Crippen LogP contribution in [0.15, 0.2) is 48.5 Å². The minimum atomic E-state index is -0.0168. The van der Waals surface area contributed by atoms with E-state index in [4.69, 9.17) is 9.47 Å². The van der Waals surface area contributed by atoms with Crippen LogP contribution >= 0.6 is 0 Å². The predicted octanol–water partition coefficient (Wildman–Crippen LogP) is 4.56. The molecular weight excluding hydrogens is 310 g/mol. The summed E-state index contributed by atoms with van der Waals surface area (Å²) < 4.78 is 12.1. The van der Waals surface area contributed by atoms with E-state index in [1.807, 2.05) is 6.07 Å². The molecule has 0 N–H and O–H groups in total. The summed E-state index contributed by atoms with van der Waals surface area (Å²) in [5.41, 5.74) is 3.71. The Morgan fingerprint density at radius 3 is 2.68 bits per heavy atom. The maximum absolute atomic E-state index is 6.09. The van der Waals surface area contributed by atoms with Gasteiger partial charge in [0, 0.05) is 31.3 Å². The lowest BCUT2D eigenvalue weighted by Crippen LogP contribution is -2.40. The molecule has 2 aliphatic rings. The topological polar surface area (TPSA) is 21.7 Å². The number of benzene rings is 2. The fourth-order valence-electron chi connectivity index (χ4n) is 3.84. The first-order chi connectivity index (χ1) is 12.3. The quantitative estimate of drug-likeness (QED) is 0.798. The Morgan fingerprint density at radius 1 is 1.12 bits per heavy atom. The van der Waals surface area contributed by atoms with Gasteiger partial charge in [-0.2, -0.15) is 0 Å². The van der Waals surface area contributed by atoms with Crippen molar-refractivity contribution in [3.63, 3.8) is 0 Å². The SMILES string of the molecule is CCOC(c1ccccc1)c1ccc2c(c1)CN(C1CCC1)CCO2. The van der Waals surface area contributed by atoms with E-state index in [2.05, 4.69) is 54.3 Å². The lowest BCUT2D eigenvalue weighted by Gasteiger charge is -2.36. The Balaban J connectivity index is 1.63. The van der Waals surface area contributed by atoms with Gasteiger partial charge >= 0.3 is 0 Å². The van der Waals surface area contributed by atoms with Gasteiger partial charge in [-0.25, -0.2) is 0 Å². The first-order valence-electron chi connectivity index (χ1n) is 9.51. The van der Waals surface area contributed by atoms with Crippen molar-refractivity contribution >= 4 is 0 Å². The summed E-state index contributed by atoms with van der Waals surface area (Å²) in [5, 5.41) is 0. The lowest BCUT2D eigenvalue weighted by atomic mass is 9.91. The molecule has 25 heavy (non-hydrogen) atoms. The zero-order valence-electron chi connectivity index (χ0n) is 15.0. The molecule has 1 aliphatic carbocycles. The summed E-state index contributed by atoms with van der Waals surface area (Å²) in [6.45, 7) is 5.56. The van der Waals surface area contributed by atoms with Crippen LogP contribution in [0.3, 0.4) is 0 Å². The summed E-state index contributed by atoms with van der Waals surface area (Å²) in [6.07, 6.45) is 4.02. The average Bonchev–Trinajstić information content (AvgIpc) is 2.80. The van der Waals surface area contributed by atoms with Gasteiger partial charge < -0.3 is 9.47 Å². The van der Waals surface area contributed by atoms with E-state index >= 15 is 0 Å². The second kappa shape index (κ2) is 7.59. The third-order valence-electron chi connectivity index (χ3n) is 5.42. The average molecular weight is 337 g/mol. The summed E-state index contributed by atoms with van der Waals surface area (Å²) >= 11 is 0. The molecule has 2 aromatic carbocycles.